The van der Waals surface area contributed by atoms with E-state index in [2.05, 4.69) is 69.0 Å². The molecule has 0 atom stereocenters. The first-order valence-electron chi connectivity index (χ1n) is 23.2. The van der Waals surface area contributed by atoms with Crippen molar-refractivity contribution < 1.29 is 25.2 Å². The van der Waals surface area contributed by atoms with Crippen molar-refractivity contribution in [3.8, 4) is 17.2 Å². The molecular formula is C54H68N6O5. The third-order valence-electron chi connectivity index (χ3n) is 11.3. The van der Waals surface area contributed by atoms with Crippen molar-refractivity contribution in [2.75, 3.05) is 29.9 Å². The minimum atomic E-state index is -0.118. The van der Waals surface area contributed by atoms with Gasteiger partial charge in [-0.25, -0.2) is 0 Å². The molecular weight excluding hydrogens is 813 g/mol. The topological polar surface area (TPSA) is 129 Å². The Morgan fingerprint density at radius 2 is 1.06 bits per heavy atom. The maximum absolute atomic E-state index is 12.6. The van der Waals surface area contributed by atoms with Gasteiger partial charge in [-0.2, -0.15) is 15.0 Å². The average Bonchev–Trinajstić information content (AvgIpc) is 3.31. The molecule has 1 aliphatic rings. The second-order valence-corrected chi connectivity index (χ2v) is 16.7. The first-order valence-corrected chi connectivity index (χ1v) is 23.2. The van der Waals surface area contributed by atoms with Crippen molar-refractivity contribution in [2.24, 2.45) is 5.92 Å². The van der Waals surface area contributed by atoms with Gasteiger partial charge in [0, 0.05) is 18.5 Å². The van der Waals surface area contributed by atoms with E-state index in [0.717, 1.165) is 78.2 Å². The van der Waals surface area contributed by atoms with Gasteiger partial charge in [0.2, 0.25) is 17.8 Å². The Kier molecular flexibility index (Phi) is 19.0. The minimum absolute atomic E-state index is 0. The second kappa shape index (κ2) is 25.7. The fourth-order valence-electron chi connectivity index (χ4n) is 7.55. The van der Waals surface area contributed by atoms with E-state index in [0.29, 0.717) is 23.6 Å². The molecule has 0 bridgehead atoms. The van der Waals surface area contributed by atoms with Gasteiger partial charge in [-0.3, -0.25) is 4.79 Å². The number of nitrogens with zero attached hydrogens (tertiary/aromatic N) is 3. The van der Waals surface area contributed by atoms with E-state index in [1.165, 1.54) is 49.7 Å². The number of hydrogen-bond acceptors (Lipinski definition) is 11. The van der Waals surface area contributed by atoms with E-state index >= 15 is 0 Å². The van der Waals surface area contributed by atoms with E-state index < -0.39 is 0 Å². The molecule has 0 radical (unpaired) electrons. The largest absolute Gasteiger partial charge is 0.497 e. The number of methoxy groups -OCH3 is 1. The summed E-state index contributed by atoms with van der Waals surface area (Å²) in [7, 11) is 1.64. The molecule has 1 aliphatic carbocycles. The smallest absolute Gasteiger partial charge is 0.314 e. The third kappa shape index (κ3) is 16.6. The molecule has 5 aromatic carbocycles. The van der Waals surface area contributed by atoms with Gasteiger partial charge in [0.1, 0.15) is 17.2 Å². The molecule has 65 heavy (non-hydrogen) atoms. The molecule has 344 valence electrons. The van der Waals surface area contributed by atoms with E-state index in [4.69, 9.17) is 18.9 Å². The van der Waals surface area contributed by atoms with Crippen LogP contribution in [0.2, 0.25) is 0 Å². The highest BCUT2D eigenvalue weighted by atomic mass is 16.7. The number of benzene rings is 5. The number of nitrogens with one attached hydrogen (secondary N) is 3. The van der Waals surface area contributed by atoms with E-state index in [-0.39, 0.29) is 26.2 Å². The van der Waals surface area contributed by atoms with Gasteiger partial charge in [0.05, 0.1) is 19.1 Å². The van der Waals surface area contributed by atoms with E-state index in [1.807, 2.05) is 111 Å². The number of hydrogen-bond donors (Lipinski definition) is 3. The summed E-state index contributed by atoms with van der Waals surface area (Å²) in [5.74, 6) is 3.40. The lowest BCUT2D eigenvalue weighted by Gasteiger charge is -2.27. The van der Waals surface area contributed by atoms with Crippen LogP contribution in [0, 0.1) is 19.8 Å². The second-order valence-electron chi connectivity index (χ2n) is 16.7. The molecule has 1 fully saturated rings. The molecule has 0 unspecified atom stereocenters. The lowest BCUT2D eigenvalue weighted by molar-refractivity contribution is -0.141. The van der Waals surface area contributed by atoms with Crippen molar-refractivity contribution in [3.63, 3.8) is 0 Å². The highest BCUT2D eigenvalue weighted by Gasteiger charge is 2.28. The van der Waals surface area contributed by atoms with Crippen LogP contribution in [0.3, 0.4) is 0 Å². The molecule has 1 heterocycles. The molecule has 0 saturated heterocycles. The van der Waals surface area contributed by atoms with Crippen LogP contribution in [-0.4, -0.2) is 40.9 Å². The van der Waals surface area contributed by atoms with Crippen molar-refractivity contribution in [1.82, 2.24) is 15.0 Å². The van der Waals surface area contributed by atoms with Crippen LogP contribution in [0.1, 0.15) is 102 Å². The summed E-state index contributed by atoms with van der Waals surface area (Å²) >= 11 is 0. The molecule has 11 nitrogen and oxygen atoms in total. The Balaban J connectivity index is 0.000000245. The van der Waals surface area contributed by atoms with Gasteiger partial charge in [-0.05, 0) is 160 Å². The number of carbonyl (C=O) groups excluding carboxylic acids is 1. The Bertz CT molecular complexity index is 2270. The van der Waals surface area contributed by atoms with Crippen molar-refractivity contribution in [1.29, 1.82) is 0 Å². The van der Waals surface area contributed by atoms with Gasteiger partial charge in [-0.1, -0.05) is 88.1 Å². The van der Waals surface area contributed by atoms with Crippen LogP contribution in [0.5, 0.6) is 17.2 Å². The highest BCUT2D eigenvalue weighted by molar-refractivity contribution is 5.75. The molecule has 1 saturated carbocycles. The molecule has 6 aromatic rings. The summed E-state index contributed by atoms with van der Waals surface area (Å²) in [5, 5.41) is 9.76. The van der Waals surface area contributed by atoms with Crippen LogP contribution in [0.25, 0.3) is 0 Å². The Morgan fingerprint density at radius 1 is 0.585 bits per heavy atom. The zero-order valence-electron chi connectivity index (χ0n) is 38.8. The predicted octanol–water partition coefficient (Wildman–Crippen LogP) is 13.6. The fraction of sp³-hybridized carbons (Fsp3) is 0.370. The Labute approximate surface area is 387 Å². The molecule has 1 aromatic heterocycles. The number of ether oxygens (including phenoxy) is 4. The number of esters is 1. The summed E-state index contributed by atoms with van der Waals surface area (Å²) in [4.78, 5) is 26.2. The summed E-state index contributed by atoms with van der Waals surface area (Å²) in [5.41, 5.74) is 7.61. The molecule has 0 spiro atoms. The Morgan fingerprint density at radius 3 is 1.54 bits per heavy atom. The zero-order chi connectivity index (χ0) is 45.6. The zero-order valence-corrected chi connectivity index (χ0v) is 38.8. The number of unbranched alkanes of at least 4 members (excludes halogenated alkanes) is 4. The SMILES string of the molecule is CCCCCc1ccc(OCOC2CCC(C(=O)Oc3ccc(CCCCC)cc3)CC2)cc1.COc1ccc(Nc2nc(Nc3cccc(C)c3)nc(Nc3cccc(C)c3)n2)cc1.[HH]. The highest BCUT2D eigenvalue weighted by Crippen LogP contribution is 2.29. The van der Waals surface area contributed by atoms with Gasteiger partial charge >= 0.3 is 5.97 Å². The Hall–Kier alpha value is -6.46. The first kappa shape index (κ1) is 48.0. The number of rotatable bonds is 21. The van der Waals surface area contributed by atoms with Crippen molar-refractivity contribution in [3.05, 3.63) is 144 Å². The summed E-state index contributed by atoms with van der Waals surface area (Å²) in [6.45, 7) is 8.77. The number of anilines is 6. The van der Waals surface area contributed by atoms with Gasteiger partial charge in [0.25, 0.3) is 0 Å². The van der Waals surface area contributed by atoms with Crippen molar-refractivity contribution in [2.45, 2.75) is 111 Å². The predicted molar refractivity (Wildman–Crippen MR) is 264 cm³/mol. The number of aromatic nitrogens is 3. The summed E-state index contributed by atoms with van der Waals surface area (Å²) in [6.07, 6.45) is 13.1. The maximum atomic E-state index is 12.6. The monoisotopic (exact) mass is 881 g/mol. The molecule has 3 N–H and O–H groups in total. The number of carbonyl (C=O) groups is 1. The van der Waals surface area contributed by atoms with Gasteiger partial charge in [-0.15, -0.1) is 0 Å². The minimum Gasteiger partial charge on any atom is -0.497 e. The van der Waals surface area contributed by atoms with Gasteiger partial charge in [0.15, 0.2) is 6.79 Å². The molecule has 11 heteroatoms. The lowest BCUT2D eigenvalue weighted by Crippen LogP contribution is -2.29. The van der Waals surface area contributed by atoms with Crippen LogP contribution in [0.4, 0.5) is 34.9 Å². The molecule has 7 rings (SSSR count). The average molecular weight is 881 g/mol. The quantitative estimate of drug-likeness (QED) is 0.0277. The molecule has 0 aliphatic heterocycles. The van der Waals surface area contributed by atoms with Gasteiger partial charge < -0.3 is 34.9 Å². The van der Waals surface area contributed by atoms with Crippen LogP contribution in [0.15, 0.2) is 121 Å². The van der Waals surface area contributed by atoms with Crippen molar-refractivity contribution >= 4 is 40.9 Å². The standard InChI is InChI=1S/C30H42O4.C24H24N6O.H2/c1-3-5-7-9-24-11-17-27(18-12-24)32-23-33-28-21-15-26(16-22-28)30(31)34-29-19-13-25(14-20-29)10-8-6-4-2;1-16-6-4-8-19(14-16)26-23-28-22(25-18-10-12-21(31-3)13-11-18)29-24(30-23)27-20-9-5-7-17(2)15-20;/h11-14,17-20,26,28H,3-10,15-16,21-23H2,1-2H3;4-15H,1-3H3,(H3,25,26,27,28,29,30);1H. The van der Waals surface area contributed by atoms with Crippen LogP contribution < -0.4 is 30.2 Å². The maximum Gasteiger partial charge on any atom is 0.314 e. The lowest BCUT2D eigenvalue weighted by atomic mass is 9.87. The van der Waals surface area contributed by atoms with Crippen LogP contribution in [-0.2, 0) is 22.4 Å². The summed E-state index contributed by atoms with van der Waals surface area (Å²) in [6, 6.07) is 40.0. The normalized spacial score (nSPS) is 14.4. The van der Waals surface area contributed by atoms with E-state index in [1.54, 1.807) is 7.11 Å². The first-order chi connectivity index (χ1) is 31.7. The molecule has 0 amide bonds. The summed E-state index contributed by atoms with van der Waals surface area (Å²) < 4.78 is 22.6. The van der Waals surface area contributed by atoms with E-state index in [9.17, 15) is 4.79 Å². The third-order valence-corrected chi connectivity index (χ3v) is 11.3. The number of aryl methyl sites for hydroxylation is 4. The van der Waals surface area contributed by atoms with Crippen LogP contribution >= 0.6 is 0 Å². The fourth-order valence-corrected chi connectivity index (χ4v) is 7.55.